The van der Waals surface area contributed by atoms with Gasteiger partial charge in [-0.05, 0) is 6.42 Å². The Morgan fingerprint density at radius 3 is 2.65 bits per heavy atom. The fourth-order valence-electron chi connectivity index (χ4n) is 1.27. The van der Waals surface area contributed by atoms with Crippen LogP contribution >= 0.6 is 23.2 Å². The first-order chi connectivity index (χ1) is 7.88. The quantitative estimate of drug-likeness (QED) is 0.925. The van der Waals surface area contributed by atoms with Crippen molar-refractivity contribution >= 4 is 23.2 Å². The van der Waals surface area contributed by atoms with Crippen molar-refractivity contribution in [2.24, 2.45) is 0 Å². The van der Waals surface area contributed by atoms with Gasteiger partial charge < -0.3 is 5.11 Å². The van der Waals surface area contributed by atoms with E-state index in [0.717, 1.165) is 10.2 Å². The van der Waals surface area contributed by atoms with Gasteiger partial charge in [0.15, 0.2) is 5.69 Å². The molecular weight excluding hydrogens is 280 g/mol. The summed E-state index contributed by atoms with van der Waals surface area (Å²) in [6, 6.07) is 0. The highest BCUT2D eigenvalue weighted by Crippen LogP contribution is 2.31. The zero-order chi connectivity index (χ0) is 13.1. The van der Waals surface area contributed by atoms with E-state index in [-0.39, 0.29) is 30.2 Å². The number of allylic oxidation sites excluding steroid dienone is 1. The Hall–Kier alpha value is -0.720. The molecule has 0 aliphatic rings. The highest BCUT2D eigenvalue weighted by molar-refractivity contribution is 6.36. The Morgan fingerprint density at radius 1 is 1.53 bits per heavy atom. The Labute approximate surface area is 105 Å². The molecule has 1 aromatic heterocycles. The van der Waals surface area contributed by atoms with Gasteiger partial charge in [0.05, 0.1) is 11.6 Å². The SMILES string of the molecule is OCCc1cn(CC(Cl)=CCl)nc1C(F)(F)F. The number of halogens is 5. The molecule has 0 aromatic carbocycles. The van der Waals surface area contributed by atoms with Crippen molar-refractivity contribution < 1.29 is 18.3 Å². The minimum atomic E-state index is -4.55. The van der Waals surface area contributed by atoms with Crippen molar-refractivity contribution in [3.8, 4) is 0 Å². The molecule has 0 aliphatic carbocycles. The molecule has 0 saturated carbocycles. The van der Waals surface area contributed by atoms with Crippen molar-refractivity contribution in [3.63, 3.8) is 0 Å². The van der Waals surface area contributed by atoms with Gasteiger partial charge in [-0.3, -0.25) is 4.68 Å². The zero-order valence-electron chi connectivity index (χ0n) is 8.51. The number of aliphatic hydroxyl groups excluding tert-OH is 1. The molecule has 1 aromatic rings. The molecule has 0 aliphatic heterocycles. The molecule has 0 amide bonds. The third kappa shape index (κ3) is 3.90. The molecule has 1 rings (SSSR count). The molecule has 0 saturated heterocycles. The molecule has 1 heterocycles. The second-order valence-electron chi connectivity index (χ2n) is 3.23. The van der Waals surface area contributed by atoms with Crippen LogP contribution in [0.2, 0.25) is 0 Å². The van der Waals surface area contributed by atoms with Crippen molar-refractivity contribution in [1.82, 2.24) is 9.78 Å². The van der Waals surface area contributed by atoms with Crippen LogP contribution in [-0.4, -0.2) is 21.5 Å². The van der Waals surface area contributed by atoms with Crippen LogP contribution in [-0.2, 0) is 19.1 Å². The van der Waals surface area contributed by atoms with Gasteiger partial charge in [0.1, 0.15) is 0 Å². The van der Waals surface area contributed by atoms with Gasteiger partial charge in [-0.1, -0.05) is 23.2 Å². The van der Waals surface area contributed by atoms with Crippen LogP contribution in [0.25, 0.3) is 0 Å². The van der Waals surface area contributed by atoms with E-state index in [9.17, 15) is 13.2 Å². The summed E-state index contributed by atoms with van der Waals surface area (Å²) in [5, 5.41) is 12.2. The maximum atomic E-state index is 12.6. The molecule has 96 valence electrons. The van der Waals surface area contributed by atoms with Crippen LogP contribution in [0.5, 0.6) is 0 Å². The molecule has 0 radical (unpaired) electrons. The van der Waals surface area contributed by atoms with Crippen LogP contribution < -0.4 is 0 Å². The summed E-state index contributed by atoms with van der Waals surface area (Å²) in [5.41, 5.74) is -0.0213. The Kier molecular flexibility index (Phi) is 4.85. The Bertz CT molecular complexity index is 415. The van der Waals surface area contributed by atoms with E-state index in [4.69, 9.17) is 28.3 Å². The second kappa shape index (κ2) is 5.75. The van der Waals surface area contributed by atoms with Gasteiger partial charge >= 0.3 is 6.18 Å². The first-order valence-electron chi connectivity index (χ1n) is 4.57. The average molecular weight is 289 g/mol. The minimum absolute atomic E-state index is 0.0421. The zero-order valence-corrected chi connectivity index (χ0v) is 10.0. The minimum Gasteiger partial charge on any atom is -0.396 e. The summed E-state index contributed by atoms with van der Waals surface area (Å²) in [4.78, 5) is 0. The number of aromatic nitrogens is 2. The smallest absolute Gasteiger partial charge is 0.396 e. The molecule has 1 N–H and O–H groups in total. The lowest BCUT2D eigenvalue weighted by atomic mass is 10.2. The van der Waals surface area contributed by atoms with Crippen molar-refractivity contribution in [1.29, 1.82) is 0 Å². The Balaban J connectivity index is 3.04. The van der Waals surface area contributed by atoms with Gasteiger partial charge in [0, 0.05) is 23.9 Å². The van der Waals surface area contributed by atoms with Crippen LogP contribution in [0.3, 0.4) is 0 Å². The standard InChI is InChI=1S/C9H9Cl2F3N2O/c10-3-7(11)5-16-4-6(1-2-17)8(15-16)9(12,13)14/h3-4,17H,1-2,5H2. The third-order valence-corrected chi connectivity index (χ3v) is 2.52. The molecule has 0 unspecified atom stereocenters. The van der Waals surface area contributed by atoms with Crippen LogP contribution in [0, 0.1) is 0 Å². The van der Waals surface area contributed by atoms with E-state index in [0.29, 0.717) is 0 Å². The molecule has 8 heteroatoms. The lowest BCUT2D eigenvalue weighted by Crippen LogP contribution is -2.10. The van der Waals surface area contributed by atoms with Gasteiger partial charge in [-0.2, -0.15) is 18.3 Å². The second-order valence-corrected chi connectivity index (χ2v) is 3.93. The topological polar surface area (TPSA) is 38.0 Å². The number of hydrogen-bond donors (Lipinski definition) is 1. The highest BCUT2D eigenvalue weighted by atomic mass is 35.5. The summed E-state index contributed by atoms with van der Waals surface area (Å²) in [6.07, 6.45) is -3.47. The number of alkyl halides is 3. The van der Waals surface area contributed by atoms with Crippen LogP contribution in [0.1, 0.15) is 11.3 Å². The van der Waals surface area contributed by atoms with Crippen molar-refractivity contribution in [2.45, 2.75) is 19.1 Å². The van der Waals surface area contributed by atoms with Crippen molar-refractivity contribution in [3.05, 3.63) is 28.0 Å². The summed E-state index contributed by atoms with van der Waals surface area (Å²) >= 11 is 10.9. The van der Waals surface area contributed by atoms with Gasteiger partial charge in [0.2, 0.25) is 0 Å². The fourth-order valence-corrected chi connectivity index (χ4v) is 1.47. The van der Waals surface area contributed by atoms with Gasteiger partial charge in [-0.15, -0.1) is 0 Å². The van der Waals surface area contributed by atoms with Crippen LogP contribution in [0.15, 0.2) is 16.8 Å². The summed E-state index contributed by atoms with van der Waals surface area (Å²) in [5.74, 6) is 0. The number of aliphatic hydroxyl groups is 1. The van der Waals surface area contributed by atoms with E-state index in [1.165, 1.54) is 6.20 Å². The van der Waals surface area contributed by atoms with Crippen LogP contribution in [0.4, 0.5) is 13.2 Å². The van der Waals surface area contributed by atoms with E-state index in [1.807, 2.05) is 0 Å². The molecule has 0 fully saturated rings. The third-order valence-electron chi connectivity index (χ3n) is 1.92. The number of nitrogens with zero attached hydrogens (tertiary/aromatic N) is 2. The number of rotatable bonds is 4. The monoisotopic (exact) mass is 288 g/mol. The summed E-state index contributed by atoms with van der Waals surface area (Å²) in [7, 11) is 0. The molecule has 0 spiro atoms. The first-order valence-corrected chi connectivity index (χ1v) is 5.39. The molecular formula is C9H9Cl2F3N2O. The lowest BCUT2D eigenvalue weighted by molar-refractivity contribution is -0.142. The molecule has 0 bridgehead atoms. The largest absolute Gasteiger partial charge is 0.435 e. The van der Waals surface area contributed by atoms with Gasteiger partial charge in [0.25, 0.3) is 0 Å². The van der Waals surface area contributed by atoms with E-state index < -0.39 is 11.9 Å². The van der Waals surface area contributed by atoms with E-state index in [1.54, 1.807) is 0 Å². The molecule has 17 heavy (non-hydrogen) atoms. The normalized spacial score (nSPS) is 13.2. The fraction of sp³-hybridized carbons (Fsp3) is 0.444. The van der Waals surface area contributed by atoms with E-state index in [2.05, 4.69) is 5.10 Å². The summed E-state index contributed by atoms with van der Waals surface area (Å²) in [6.45, 7) is -0.423. The Morgan fingerprint density at radius 2 is 2.18 bits per heavy atom. The highest BCUT2D eigenvalue weighted by Gasteiger charge is 2.36. The predicted octanol–water partition coefficient (Wildman–Crippen LogP) is 2.76. The number of hydrogen-bond acceptors (Lipinski definition) is 2. The van der Waals surface area contributed by atoms with Gasteiger partial charge in [-0.25, -0.2) is 0 Å². The average Bonchev–Trinajstić information content (AvgIpc) is 2.61. The summed E-state index contributed by atoms with van der Waals surface area (Å²) < 4.78 is 38.8. The predicted molar refractivity (Wildman–Crippen MR) is 57.8 cm³/mol. The lowest BCUT2D eigenvalue weighted by Gasteiger charge is -2.04. The maximum Gasteiger partial charge on any atom is 0.435 e. The molecule has 3 nitrogen and oxygen atoms in total. The molecule has 0 atom stereocenters. The van der Waals surface area contributed by atoms with Crippen molar-refractivity contribution in [2.75, 3.05) is 6.61 Å². The maximum absolute atomic E-state index is 12.6. The first kappa shape index (κ1) is 14.3. The van der Waals surface area contributed by atoms with E-state index >= 15 is 0 Å².